The lowest BCUT2D eigenvalue weighted by molar-refractivity contribution is -0.120. The summed E-state index contributed by atoms with van der Waals surface area (Å²) in [7, 11) is 3.14. The molecule has 0 radical (unpaired) electrons. The first-order chi connectivity index (χ1) is 14.6. The van der Waals surface area contributed by atoms with Crippen LogP contribution in [0.1, 0.15) is 23.7 Å². The Morgan fingerprint density at radius 3 is 2.77 bits per heavy atom. The highest BCUT2D eigenvalue weighted by Gasteiger charge is 2.20. The molecule has 3 aromatic rings. The number of nitrogens with zero attached hydrogens (tertiary/aromatic N) is 1. The standard InChI is InChI=1S/C23H24N2O5/c1-14-8-17-11-16(5-7-19(17)29-14)21-12-18(25-30-21)13-24-23(26)10-15-4-6-20(27-2)22(9-15)28-3/h4-7,9,11-12,14H,8,10,13H2,1-3H3,(H,24,26). The summed E-state index contributed by atoms with van der Waals surface area (Å²) in [6, 6.07) is 13.3. The lowest BCUT2D eigenvalue weighted by atomic mass is 10.1. The number of methoxy groups -OCH3 is 2. The van der Waals surface area contributed by atoms with E-state index in [-0.39, 0.29) is 18.4 Å². The van der Waals surface area contributed by atoms with Gasteiger partial charge >= 0.3 is 0 Å². The van der Waals surface area contributed by atoms with Crippen LogP contribution in [0.25, 0.3) is 11.3 Å². The van der Waals surface area contributed by atoms with Crippen LogP contribution < -0.4 is 19.5 Å². The topological polar surface area (TPSA) is 82.8 Å². The fourth-order valence-electron chi connectivity index (χ4n) is 3.53. The van der Waals surface area contributed by atoms with Crippen molar-refractivity contribution < 1.29 is 23.5 Å². The molecule has 2 heterocycles. The maximum absolute atomic E-state index is 12.3. The van der Waals surface area contributed by atoms with Crippen molar-refractivity contribution in [2.45, 2.75) is 32.4 Å². The first-order valence-corrected chi connectivity index (χ1v) is 9.79. The number of carbonyl (C=O) groups is 1. The fraction of sp³-hybridized carbons (Fsp3) is 0.304. The number of amides is 1. The minimum Gasteiger partial charge on any atom is -0.493 e. The van der Waals surface area contributed by atoms with Crippen LogP contribution >= 0.6 is 0 Å². The van der Waals surface area contributed by atoms with Gasteiger partial charge < -0.3 is 24.1 Å². The van der Waals surface area contributed by atoms with Gasteiger partial charge in [-0.15, -0.1) is 0 Å². The van der Waals surface area contributed by atoms with Crippen LogP contribution in [-0.4, -0.2) is 31.4 Å². The molecule has 1 aliphatic heterocycles. The molecule has 0 saturated carbocycles. The summed E-state index contributed by atoms with van der Waals surface area (Å²) in [6.07, 6.45) is 1.31. The van der Waals surface area contributed by atoms with Crippen LogP contribution in [0.5, 0.6) is 17.2 Å². The Kier molecular flexibility index (Phi) is 5.61. The average Bonchev–Trinajstić information content (AvgIpc) is 3.37. The molecule has 30 heavy (non-hydrogen) atoms. The number of benzene rings is 2. The van der Waals surface area contributed by atoms with E-state index in [0.29, 0.717) is 29.5 Å². The average molecular weight is 408 g/mol. The predicted octanol–water partition coefficient (Wildman–Crippen LogP) is 3.54. The van der Waals surface area contributed by atoms with E-state index in [1.807, 2.05) is 24.3 Å². The third-order valence-electron chi connectivity index (χ3n) is 5.02. The Bertz CT molecular complexity index is 1060. The van der Waals surface area contributed by atoms with Crippen LogP contribution in [0.2, 0.25) is 0 Å². The largest absolute Gasteiger partial charge is 0.493 e. The van der Waals surface area contributed by atoms with Crippen LogP contribution in [0.4, 0.5) is 0 Å². The highest BCUT2D eigenvalue weighted by atomic mass is 16.5. The SMILES string of the molecule is COc1ccc(CC(=O)NCc2cc(-c3ccc4c(c3)CC(C)O4)on2)cc1OC. The van der Waals surface area contributed by atoms with Crippen LogP contribution in [0.3, 0.4) is 0 Å². The minimum absolute atomic E-state index is 0.115. The number of rotatable bonds is 7. The quantitative estimate of drug-likeness (QED) is 0.644. The molecule has 7 nitrogen and oxygen atoms in total. The van der Waals surface area contributed by atoms with Crippen molar-refractivity contribution in [3.05, 3.63) is 59.3 Å². The number of hydrogen-bond donors (Lipinski definition) is 1. The summed E-state index contributed by atoms with van der Waals surface area (Å²) >= 11 is 0. The second-order valence-corrected chi connectivity index (χ2v) is 7.28. The summed E-state index contributed by atoms with van der Waals surface area (Å²) in [5, 5.41) is 6.94. The van der Waals surface area contributed by atoms with Crippen molar-refractivity contribution in [1.82, 2.24) is 10.5 Å². The second-order valence-electron chi connectivity index (χ2n) is 7.28. The minimum atomic E-state index is -0.115. The highest BCUT2D eigenvalue weighted by molar-refractivity contribution is 5.78. The number of nitrogens with one attached hydrogen (secondary N) is 1. The fourth-order valence-corrected chi connectivity index (χ4v) is 3.53. The molecule has 0 fully saturated rings. The van der Waals surface area contributed by atoms with Gasteiger partial charge in [0.25, 0.3) is 0 Å². The predicted molar refractivity (Wildman–Crippen MR) is 111 cm³/mol. The highest BCUT2D eigenvalue weighted by Crippen LogP contribution is 2.33. The zero-order chi connectivity index (χ0) is 21.1. The summed E-state index contributed by atoms with van der Waals surface area (Å²) in [5.74, 6) is 2.70. The zero-order valence-electron chi connectivity index (χ0n) is 17.2. The van der Waals surface area contributed by atoms with Gasteiger partial charge in [-0.05, 0) is 48.4 Å². The number of fused-ring (bicyclic) bond motifs is 1. The molecule has 1 amide bonds. The van der Waals surface area contributed by atoms with Crippen LogP contribution in [0, 0.1) is 0 Å². The van der Waals surface area contributed by atoms with Crippen molar-refractivity contribution in [2.75, 3.05) is 14.2 Å². The van der Waals surface area contributed by atoms with Crippen molar-refractivity contribution in [3.63, 3.8) is 0 Å². The van der Waals surface area contributed by atoms with Gasteiger partial charge in [0.2, 0.25) is 5.91 Å². The van der Waals surface area contributed by atoms with Crippen molar-refractivity contribution in [3.8, 4) is 28.6 Å². The number of carbonyl (C=O) groups excluding carboxylic acids is 1. The molecule has 2 aromatic carbocycles. The van der Waals surface area contributed by atoms with Gasteiger partial charge in [0, 0.05) is 18.1 Å². The number of ether oxygens (including phenoxy) is 3. The molecule has 0 spiro atoms. The lowest BCUT2D eigenvalue weighted by Gasteiger charge is -2.09. The summed E-state index contributed by atoms with van der Waals surface area (Å²) in [5.41, 5.74) is 3.61. The first kappa shape index (κ1) is 19.8. The third-order valence-corrected chi connectivity index (χ3v) is 5.02. The second kappa shape index (κ2) is 8.49. The van der Waals surface area contributed by atoms with Crippen LogP contribution in [0.15, 0.2) is 47.0 Å². The van der Waals surface area contributed by atoms with Gasteiger partial charge in [-0.25, -0.2) is 0 Å². The Balaban J connectivity index is 1.36. The van der Waals surface area contributed by atoms with E-state index in [0.717, 1.165) is 23.3 Å². The Labute approximate surface area is 174 Å². The van der Waals surface area contributed by atoms with Gasteiger partial charge in [0.1, 0.15) is 17.5 Å². The van der Waals surface area contributed by atoms with E-state index in [4.69, 9.17) is 18.7 Å². The summed E-state index contributed by atoms with van der Waals surface area (Å²) in [4.78, 5) is 12.3. The molecule has 0 saturated heterocycles. The van der Waals surface area contributed by atoms with Gasteiger partial charge in [-0.2, -0.15) is 0 Å². The van der Waals surface area contributed by atoms with E-state index in [1.54, 1.807) is 26.4 Å². The molecule has 0 bridgehead atoms. The maximum Gasteiger partial charge on any atom is 0.224 e. The smallest absolute Gasteiger partial charge is 0.224 e. The van der Waals surface area contributed by atoms with E-state index in [1.165, 1.54) is 5.56 Å². The number of hydrogen-bond acceptors (Lipinski definition) is 6. The molecule has 1 atom stereocenters. The van der Waals surface area contributed by atoms with E-state index < -0.39 is 0 Å². The lowest BCUT2D eigenvalue weighted by Crippen LogP contribution is -2.24. The maximum atomic E-state index is 12.3. The molecule has 7 heteroatoms. The van der Waals surface area contributed by atoms with Crippen LogP contribution in [-0.2, 0) is 24.2 Å². The molecule has 0 aliphatic carbocycles. The number of aromatic nitrogens is 1. The zero-order valence-corrected chi connectivity index (χ0v) is 17.2. The van der Waals surface area contributed by atoms with Crippen molar-refractivity contribution >= 4 is 5.91 Å². The Morgan fingerprint density at radius 2 is 1.97 bits per heavy atom. The normalized spacial score (nSPS) is 14.7. The van der Waals surface area contributed by atoms with E-state index in [9.17, 15) is 4.79 Å². The van der Waals surface area contributed by atoms with Crippen molar-refractivity contribution in [1.29, 1.82) is 0 Å². The molecule has 1 aromatic heterocycles. The molecule has 4 rings (SSSR count). The summed E-state index contributed by atoms with van der Waals surface area (Å²) in [6.45, 7) is 2.34. The molecular weight excluding hydrogens is 384 g/mol. The molecule has 1 unspecified atom stereocenters. The van der Waals surface area contributed by atoms with Gasteiger partial charge in [-0.3, -0.25) is 4.79 Å². The van der Waals surface area contributed by atoms with E-state index >= 15 is 0 Å². The summed E-state index contributed by atoms with van der Waals surface area (Å²) < 4.78 is 21.7. The Morgan fingerprint density at radius 1 is 1.13 bits per heavy atom. The molecule has 1 N–H and O–H groups in total. The van der Waals surface area contributed by atoms with Gasteiger partial charge in [0.05, 0.1) is 27.2 Å². The Hall–Kier alpha value is -3.48. The van der Waals surface area contributed by atoms with Gasteiger partial charge in [0.15, 0.2) is 17.3 Å². The monoisotopic (exact) mass is 408 g/mol. The first-order valence-electron chi connectivity index (χ1n) is 9.79. The molecule has 156 valence electrons. The van der Waals surface area contributed by atoms with E-state index in [2.05, 4.69) is 23.5 Å². The van der Waals surface area contributed by atoms with Gasteiger partial charge in [-0.1, -0.05) is 11.2 Å². The molecular formula is C23H24N2O5. The van der Waals surface area contributed by atoms with Crippen molar-refractivity contribution in [2.24, 2.45) is 0 Å². The molecule has 1 aliphatic rings. The third kappa shape index (κ3) is 4.25.